The van der Waals surface area contributed by atoms with Crippen LogP contribution in [-0.4, -0.2) is 75.6 Å². The van der Waals surface area contributed by atoms with E-state index in [-0.39, 0.29) is 58.0 Å². The molecule has 2 aromatic heterocycles. The van der Waals surface area contributed by atoms with Gasteiger partial charge >= 0.3 is 6.01 Å². The first kappa shape index (κ1) is 25.4. The molecule has 4 aromatic rings. The maximum Gasteiger partial charge on any atom is 0.319 e. The minimum absolute atomic E-state index is 0.0199. The molecule has 6 heterocycles. The molecule has 0 aliphatic carbocycles. The third-order valence-electron chi connectivity index (χ3n) is 9.22. The number of rotatable bonds is 4. The Labute approximate surface area is 239 Å². The van der Waals surface area contributed by atoms with Crippen LogP contribution in [0.15, 0.2) is 24.3 Å². The van der Waals surface area contributed by atoms with Gasteiger partial charge in [0, 0.05) is 30.5 Å². The zero-order chi connectivity index (χ0) is 28.7. The number of hydrogen-bond acceptors (Lipinski definition) is 8. The number of phenolic OH excluding ortho intramolecular Hbond substituents is 1. The summed E-state index contributed by atoms with van der Waals surface area (Å²) in [6.07, 6.45) is 7.75. The van der Waals surface area contributed by atoms with Gasteiger partial charge in [-0.15, -0.1) is 6.42 Å². The SMILES string of the molecule is C#Cc1c(F)ccc2cc(O)cc(-c3nc4c5c(nc(OC[C@@]67CCCN6C[C@H](F)C7)nc5c3F)N3CC[C@@H]3CO4)c12. The molecule has 0 unspecified atom stereocenters. The van der Waals surface area contributed by atoms with Gasteiger partial charge in [0.15, 0.2) is 5.82 Å². The average molecular weight is 574 g/mol. The molecular formula is C31H26F3N5O3. The summed E-state index contributed by atoms with van der Waals surface area (Å²) in [5.74, 6) is 1.32. The van der Waals surface area contributed by atoms with Gasteiger partial charge in [-0.3, -0.25) is 4.90 Å². The van der Waals surface area contributed by atoms with Crippen LogP contribution in [0.1, 0.15) is 31.2 Å². The lowest BCUT2D eigenvalue weighted by Gasteiger charge is -2.40. The number of hydrogen-bond donors (Lipinski definition) is 1. The minimum atomic E-state index is -0.918. The third kappa shape index (κ3) is 3.64. The van der Waals surface area contributed by atoms with Gasteiger partial charge in [-0.2, -0.15) is 9.97 Å². The Morgan fingerprint density at radius 1 is 1.17 bits per heavy atom. The van der Waals surface area contributed by atoms with Crippen LogP contribution in [0.5, 0.6) is 17.6 Å². The summed E-state index contributed by atoms with van der Waals surface area (Å²) < 4.78 is 58.0. The van der Waals surface area contributed by atoms with Gasteiger partial charge in [0.1, 0.15) is 53.4 Å². The number of nitrogens with zero attached hydrogens (tertiary/aromatic N) is 5. The second-order valence-corrected chi connectivity index (χ2v) is 11.6. The van der Waals surface area contributed by atoms with E-state index in [1.54, 1.807) is 0 Å². The highest BCUT2D eigenvalue weighted by atomic mass is 19.1. The first-order valence-corrected chi connectivity index (χ1v) is 14.1. The highest BCUT2D eigenvalue weighted by Crippen LogP contribution is 2.45. The van der Waals surface area contributed by atoms with Gasteiger partial charge in [0.25, 0.3) is 0 Å². The van der Waals surface area contributed by atoms with Crippen molar-refractivity contribution >= 4 is 27.5 Å². The molecule has 0 spiro atoms. The van der Waals surface area contributed by atoms with E-state index < -0.39 is 23.3 Å². The molecule has 0 saturated carbocycles. The van der Waals surface area contributed by atoms with Crippen molar-refractivity contribution in [3.63, 3.8) is 0 Å². The lowest BCUT2D eigenvalue weighted by Crippen LogP contribution is -2.50. The predicted molar refractivity (Wildman–Crippen MR) is 150 cm³/mol. The Hall–Kier alpha value is -4.30. The van der Waals surface area contributed by atoms with Crippen LogP contribution < -0.4 is 14.4 Å². The molecule has 1 N–H and O–H groups in total. The van der Waals surface area contributed by atoms with Crippen molar-refractivity contribution in [3.8, 4) is 41.2 Å². The zero-order valence-electron chi connectivity index (χ0n) is 22.5. The number of aromatic hydroxyl groups is 1. The fraction of sp³-hybridized carbons (Fsp3) is 0.387. The summed E-state index contributed by atoms with van der Waals surface area (Å²) in [5, 5.41) is 11.5. The standard InChI is InChI=1S/C31H26F3N5O3/c1-2-20-22(33)5-4-16-10-19(40)11-21(23(16)20)26-25(34)27-24-28(39-9-6-18(39)14-41-29(24)35-26)37-30(36-27)42-15-31-7-3-8-38(31)13-17(32)12-31/h1,4-5,10-11,17-18,40H,3,6-9,12-15H2/t17-,18-,31+/m1/s1. The summed E-state index contributed by atoms with van der Waals surface area (Å²) >= 11 is 0. The van der Waals surface area contributed by atoms with Crippen molar-refractivity contribution in [2.75, 3.05) is 37.7 Å². The molecule has 3 fully saturated rings. The van der Waals surface area contributed by atoms with Crippen LogP contribution in [-0.2, 0) is 0 Å². The van der Waals surface area contributed by atoms with E-state index in [1.165, 1.54) is 24.3 Å². The van der Waals surface area contributed by atoms with E-state index >= 15 is 4.39 Å². The maximum absolute atomic E-state index is 16.7. The van der Waals surface area contributed by atoms with Crippen molar-refractivity contribution in [1.82, 2.24) is 19.9 Å². The summed E-state index contributed by atoms with van der Waals surface area (Å²) in [5.41, 5.74) is -0.676. The molecule has 4 aliphatic heterocycles. The Morgan fingerprint density at radius 3 is 2.86 bits per heavy atom. The first-order chi connectivity index (χ1) is 20.3. The third-order valence-corrected chi connectivity index (χ3v) is 9.22. The van der Waals surface area contributed by atoms with Gasteiger partial charge in [-0.05, 0) is 49.4 Å². The number of alkyl halides is 1. The second-order valence-electron chi connectivity index (χ2n) is 11.6. The summed E-state index contributed by atoms with van der Waals surface area (Å²) in [6, 6.07) is 5.40. The fourth-order valence-corrected chi connectivity index (χ4v) is 7.13. The molecule has 42 heavy (non-hydrogen) atoms. The number of pyridine rings is 1. The number of ether oxygens (including phenoxy) is 2. The number of halogens is 3. The molecule has 3 atom stereocenters. The largest absolute Gasteiger partial charge is 0.508 e. The zero-order valence-corrected chi connectivity index (χ0v) is 22.5. The normalized spacial score (nSPS) is 24.6. The van der Waals surface area contributed by atoms with Crippen molar-refractivity contribution in [1.29, 1.82) is 0 Å². The van der Waals surface area contributed by atoms with Gasteiger partial charge in [0.2, 0.25) is 5.88 Å². The summed E-state index contributed by atoms with van der Waals surface area (Å²) in [7, 11) is 0. The van der Waals surface area contributed by atoms with Gasteiger partial charge < -0.3 is 19.5 Å². The minimum Gasteiger partial charge on any atom is -0.508 e. The number of anilines is 1. The van der Waals surface area contributed by atoms with Crippen LogP contribution in [0, 0.1) is 24.0 Å². The number of terminal acetylenes is 1. The lowest BCUT2D eigenvalue weighted by molar-refractivity contribution is 0.107. The van der Waals surface area contributed by atoms with Crippen molar-refractivity contribution in [2.24, 2.45) is 0 Å². The Bertz CT molecular complexity index is 1850. The molecule has 214 valence electrons. The Morgan fingerprint density at radius 2 is 2.05 bits per heavy atom. The van der Waals surface area contributed by atoms with E-state index in [2.05, 4.69) is 25.8 Å². The molecular weight excluding hydrogens is 547 g/mol. The second kappa shape index (κ2) is 9.10. The molecule has 8 rings (SSSR count). The molecule has 4 aliphatic rings. The monoisotopic (exact) mass is 573 g/mol. The van der Waals surface area contributed by atoms with Crippen LogP contribution >= 0.6 is 0 Å². The molecule has 8 nitrogen and oxygen atoms in total. The topological polar surface area (TPSA) is 83.8 Å². The molecule has 11 heteroatoms. The van der Waals surface area contributed by atoms with Crippen LogP contribution in [0.2, 0.25) is 0 Å². The molecule has 0 bridgehead atoms. The van der Waals surface area contributed by atoms with Crippen LogP contribution in [0.4, 0.5) is 19.0 Å². The quantitative estimate of drug-likeness (QED) is 0.351. The Balaban J connectivity index is 1.32. The van der Waals surface area contributed by atoms with Gasteiger partial charge in [-0.1, -0.05) is 12.0 Å². The average Bonchev–Trinajstić information content (AvgIpc) is 3.44. The molecule has 2 aromatic carbocycles. The van der Waals surface area contributed by atoms with E-state index in [4.69, 9.17) is 15.9 Å². The molecule has 0 amide bonds. The number of fused-ring (bicyclic) bond motifs is 4. The van der Waals surface area contributed by atoms with Gasteiger partial charge in [0.05, 0.1) is 17.1 Å². The number of benzene rings is 2. The fourth-order valence-electron chi connectivity index (χ4n) is 7.13. The molecule has 0 radical (unpaired) electrons. The maximum atomic E-state index is 16.7. The van der Waals surface area contributed by atoms with Crippen molar-refractivity contribution in [2.45, 2.75) is 43.4 Å². The van der Waals surface area contributed by atoms with Crippen LogP contribution in [0.25, 0.3) is 32.9 Å². The highest BCUT2D eigenvalue weighted by molar-refractivity contribution is 6.04. The van der Waals surface area contributed by atoms with Gasteiger partial charge in [-0.25, -0.2) is 18.2 Å². The van der Waals surface area contributed by atoms with E-state index in [0.29, 0.717) is 42.7 Å². The highest BCUT2D eigenvalue weighted by Gasteiger charge is 2.49. The summed E-state index contributed by atoms with van der Waals surface area (Å²) in [4.78, 5) is 17.9. The first-order valence-electron chi connectivity index (χ1n) is 14.1. The number of phenols is 1. The number of aromatic nitrogens is 3. The van der Waals surface area contributed by atoms with E-state index in [9.17, 15) is 13.9 Å². The smallest absolute Gasteiger partial charge is 0.319 e. The van der Waals surface area contributed by atoms with Crippen LogP contribution in [0.3, 0.4) is 0 Å². The predicted octanol–water partition coefficient (Wildman–Crippen LogP) is 4.74. The van der Waals surface area contributed by atoms with E-state index in [1.807, 2.05) is 4.90 Å². The van der Waals surface area contributed by atoms with E-state index in [0.717, 1.165) is 25.8 Å². The lowest BCUT2D eigenvalue weighted by atomic mass is 9.95. The van der Waals surface area contributed by atoms with Crippen molar-refractivity contribution in [3.05, 3.63) is 41.5 Å². The van der Waals surface area contributed by atoms with Crippen molar-refractivity contribution < 1.29 is 27.8 Å². The summed E-state index contributed by atoms with van der Waals surface area (Å²) in [6.45, 7) is 2.38. The Kier molecular flexibility index (Phi) is 5.51. The molecule has 3 saturated heterocycles.